The molecule has 2 aromatic carbocycles. The molecule has 2 aliphatic rings. The Morgan fingerprint density at radius 2 is 1.71 bits per heavy atom. The number of para-hydroxylation sites is 1. The van der Waals surface area contributed by atoms with Crippen molar-refractivity contribution in [2.75, 3.05) is 0 Å². The zero-order valence-corrected chi connectivity index (χ0v) is 17.7. The van der Waals surface area contributed by atoms with Crippen molar-refractivity contribution in [1.82, 2.24) is 9.88 Å². The molecule has 5 nitrogen and oxygen atoms in total. The van der Waals surface area contributed by atoms with Crippen LogP contribution in [0, 0.1) is 0 Å². The largest absolute Gasteiger partial charge is 0.507 e. The topological polar surface area (TPSA) is 73.4 Å². The fourth-order valence-corrected chi connectivity index (χ4v) is 5.10. The SMILES string of the molecule is O=C1C(=O)N(C2CCCCC2)C(c2ccc(Cl)cc2)/C1=C(/O)c1c[nH]c2ccccc12. The molecule has 5 rings (SSSR count). The van der Waals surface area contributed by atoms with Gasteiger partial charge in [0.1, 0.15) is 5.76 Å². The van der Waals surface area contributed by atoms with Gasteiger partial charge in [0.2, 0.25) is 0 Å². The number of ketones is 1. The number of amides is 1. The number of aliphatic hydroxyl groups is 1. The van der Waals surface area contributed by atoms with Crippen LogP contribution in [-0.2, 0) is 9.59 Å². The number of aliphatic hydroxyl groups excluding tert-OH is 1. The predicted octanol–water partition coefficient (Wildman–Crippen LogP) is 5.58. The van der Waals surface area contributed by atoms with Gasteiger partial charge in [-0.1, -0.05) is 61.2 Å². The van der Waals surface area contributed by atoms with Crippen LogP contribution in [0.25, 0.3) is 16.7 Å². The lowest BCUT2D eigenvalue weighted by Gasteiger charge is -2.35. The summed E-state index contributed by atoms with van der Waals surface area (Å²) in [6.07, 6.45) is 6.62. The highest BCUT2D eigenvalue weighted by Crippen LogP contribution is 2.43. The van der Waals surface area contributed by atoms with Crippen LogP contribution in [0.3, 0.4) is 0 Å². The molecule has 1 unspecified atom stereocenters. The lowest BCUT2D eigenvalue weighted by atomic mass is 9.91. The maximum absolute atomic E-state index is 13.2. The monoisotopic (exact) mass is 434 g/mol. The maximum atomic E-state index is 13.2. The Morgan fingerprint density at radius 1 is 1.00 bits per heavy atom. The van der Waals surface area contributed by atoms with Crippen LogP contribution in [0.2, 0.25) is 5.02 Å². The Labute approximate surface area is 185 Å². The molecule has 0 radical (unpaired) electrons. The van der Waals surface area contributed by atoms with Gasteiger partial charge in [-0.25, -0.2) is 0 Å². The van der Waals surface area contributed by atoms with Gasteiger partial charge in [-0.2, -0.15) is 0 Å². The number of nitrogens with zero attached hydrogens (tertiary/aromatic N) is 1. The van der Waals surface area contributed by atoms with E-state index < -0.39 is 17.7 Å². The Bertz CT molecular complexity index is 1190. The van der Waals surface area contributed by atoms with E-state index in [2.05, 4.69) is 4.98 Å². The van der Waals surface area contributed by atoms with Gasteiger partial charge < -0.3 is 15.0 Å². The van der Waals surface area contributed by atoms with Crippen molar-refractivity contribution in [3.63, 3.8) is 0 Å². The average molecular weight is 435 g/mol. The van der Waals surface area contributed by atoms with Gasteiger partial charge in [0, 0.05) is 33.7 Å². The minimum Gasteiger partial charge on any atom is -0.507 e. The van der Waals surface area contributed by atoms with E-state index in [-0.39, 0.29) is 17.4 Å². The summed E-state index contributed by atoms with van der Waals surface area (Å²) in [7, 11) is 0. The number of fused-ring (bicyclic) bond motifs is 1. The van der Waals surface area contributed by atoms with E-state index >= 15 is 0 Å². The van der Waals surface area contributed by atoms with Crippen molar-refractivity contribution in [3.8, 4) is 0 Å². The predicted molar refractivity (Wildman–Crippen MR) is 121 cm³/mol. The van der Waals surface area contributed by atoms with Crippen molar-refractivity contribution in [2.45, 2.75) is 44.2 Å². The smallest absolute Gasteiger partial charge is 0.295 e. The number of hydrogen-bond acceptors (Lipinski definition) is 3. The molecule has 1 aromatic heterocycles. The van der Waals surface area contributed by atoms with Crippen molar-refractivity contribution in [1.29, 1.82) is 0 Å². The van der Waals surface area contributed by atoms with Crippen molar-refractivity contribution in [3.05, 3.63) is 76.5 Å². The molecule has 6 heteroatoms. The fraction of sp³-hybridized carbons (Fsp3) is 0.280. The number of hydrogen-bond donors (Lipinski definition) is 2. The lowest BCUT2D eigenvalue weighted by molar-refractivity contribution is -0.141. The molecule has 2 heterocycles. The number of aromatic amines is 1. The third kappa shape index (κ3) is 3.33. The second kappa shape index (κ2) is 7.89. The van der Waals surface area contributed by atoms with Gasteiger partial charge in [-0.3, -0.25) is 9.59 Å². The lowest BCUT2D eigenvalue weighted by Crippen LogP contribution is -2.40. The van der Waals surface area contributed by atoms with Gasteiger partial charge >= 0.3 is 0 Å². The molecule has 158 valence electrons. The van der Waals surface area contributed by atoms with Gasteiger partial charge in [-0.15, -0.1) is 0 Å². The van der Waals surface area contributed by atoms with E-state index in [1.54, 1.807) is 23.2 Å². The molecule has 31 heavy (non-hydrogen) atoms. The highest BCUT2D eigenvalue weighted by atomic mass is 35.5. The highest BCUT2D eigenvalue weighted by Gasteiger charge is 2.49. The maximum Gasteiger partial charge on any atom is 0.295 e. The molecule has 1 amide bonds. The van der Waals surface area contributed by atoms with Crippen LogP contribution in [0.4, 0.5) is 0 Å². The standard InChI is InChI=1S/C25H23ClN2O3/c26-16-12-10-15(11-13-16)22-21(23(29)19-14-27-20-9-5-4-8-18(19)20)24(30)25(31)28(22)17-6-2-1-3-7-17/h4-5,8-14,17,22,27,29H,1-3,6-7H2/b23-21-. The Balaban J connectivity index is 1.70. The number of carbonyl (C=O) groups is 2. The number of H-pyrrole nitrogens is 1. The number of likely N-dealkylation sites (tertiary alicyclic amines) is 1. The third-order valence-corrected chi connectivity index (χ3v) is 6.73. The van der Waals surface area contributed by atoms with E-state index in [9.17, 15) is 14.7 Å². The normalized spacial score (nSPS) is 21.8. The number of rotatable bonds is 3. The van der Waals surface area contributed by atoms with Gasteiger partial charge in [0.05, 0.1) is 11.6 Å². The van der Waals surface area contributed by atoms with E-state index in [0.717, 1.165) is 48.6 Å². The summed E-state index contributed by atoms with van der Waals surface area (Å²) in [6, 6.07) is 14.1. The second-order valence-corrected chi connectivity index (χ2v) is 8.73. The van der Waals surface area contributed by atoms with Crippen LogP contribution in [-0.4, -0.2) is 32.7 Å². The van der Waals surface area contributed by atoms with Crippen molar-refractivity contribution in [2.24, 2.45) is 0 Å². The summed E-state index contributed by atoms with van der Waals surface area (Å²) in [5, 5.41) is 12.7. The first kappa shape index (κ1) is 19.9. The summed E-state index contributed by atoms with van der Waals surface area (Å²) >= 11 is 6.09. The van der Waals surface area contributed by atoms with Crippen LogP contribution in [0.1, 0.15) is 49.3 Å². The van der Waals surface area contributed by atoms with E-state index in [1.165, 1.54) is 0 Å². The molecule has 3 aromatic rings. The number of carbonyl (C=O) groups excluding carboxylic acids is 2. The molecule has 1 saturated heterocycles. The first-order valence-electron chi connectivity index (χ1n) is 10.7. The van der Waals surface area contributed by atoms with Crippen LogP contribution < -0.4 is 0 Å². The summed E-state index contributed by atoms with van der Waals surface area (Å²) in [4.78, 5) is 31.3. The summed E-state index contributed by atoms with van der Waals surface area (Å²) in [6.45, 7) is 0. The molecule has 1 aliphatic carbocycles. The Morgan fingerprint density at radius 3 is 2.45 bits per heavy atom. The second-order valence-electron chi connectivity index (χ2n) is 8.30. The van der Waals surface area contributed by atoms with Crippen molar-refractivity contribution < 1.29 is 14.7 Å². The van der Waals surface area contributed by atoms with E-state index in [1.807, 2.05) is 36.4 Å². The van der Waals surface area contributed by atoms with Crippen LogP contribution in [0.5, 0.6) is 0 Å². The molecular formula is C25H23ClN2O3. The van der Waals surface area contributed by atoms with Crippen molar-refractivity contribution >= 4 is 40.0 Å². The Kier molecular flexibility index (Phi) is 5.06. The number of aromatic nitrogens is 1. The zero-order chi connectivity index (χ0) is 21.5. The van der Waals surface area contributed by atoms with Gasteiger partial charge in [0.15, 0.2) is 0 Å². The molecule has 0 bridgehead atoms. The zero-order valence-electron chi connectivity index (χ0n) is 17.0. The summed E-state index contributed by atoms with van der Waals surface area (Å²) < 4.78 is 0. The molecule has 2 fully saturated rings. The minimum absolute atomic E-state index is 0.0147. The first-order valence-corrected chi connectivity index (χ1v) is 11.1. The van der Waals surface area contributed by atoms with Gasteiger partial charge in [0.25, 0.3) is 11.7 Å². The molecular weight excluding hydrogens is 412 g/mol. The summed E-state index contributed by atoms with van der Waals surface area (Å²) in [5.74, 6) is -1.31. The highest BCUT2D eigenvalue weighted by molar-refractivity contribution is 6.46. The number of halogens is 1. The van der Waals surface area contributed by atoms with Gasteiger partial charge in [-0.05, 0) is 36.6 Å². The van der Waals surface area contributed by atoms with E-state index in [4.69, 9.17) is 11.6 Å². The number of benzene rings is 2. The molecule has 1 saturated carbocycles. The number of Topliss-reactive ketones (excluding diaryl/α,β-unsaturated/α-hetero) is 1. The van der Waals surface area contributed by atoms with Crippen LogP contribution >= 0.6 is 11.6 Å². The molecule has 2 N–H and O–H groups in total. The first-order chi connectivity index (χ1) is 15.1. The third-order valence-electron chi connectivity index (χ3n) is 6.48. The average Bonchev–Trinajstić information content (AvgIpc) is 3.34. The Hall–Kier alpha value is -3.05. The summed E-state index contributed by atoms with van der Waals surface area (Å²) in [5.41, 5.74) is 2.29. The van der Waals surface area contributed by atoms with Crippen LogP contribution in [0.15, 0.2) is 60.3 Å². The minimum atomic E-state index is -0.631. The fourth-order valence-electron chi connectivity index (χ4n) is 4.97. The molecule has 0 spiro atoms. The quantitative estimate of drug-likeness (QED) is 0.321. The van der Waals surface area contributed by atoms with E-state index in [0.29, 0.717) is 10.6 Å². The molecule has 1 atom stereocenters. The molecule has 1 aliphatic heterocycles. The number of nitrogens with one attached hydrogen (secondary N) is 1.